The zero-order valence-electron chi connectivity index (χ0n) is 31.0. The summed E-state index contributed by atoms with van der Waals surface area (Å²) >= 11 is 0. The minimum Gasteiger partial charge on any atom is -0.473 e. The predicted octanol–water partition coefficient (Wildman–Crippen LogP) is 3.89. The summed E-state index contributed by atoms with van der Waals surface area (Å²) < 4.78 is 42.0. The average Bonchev–Trinajstić information content (AvgIpc) is 3.95. The van der Waals surface area contributed by atoms with Crippen molar-refractivity contribution >= 4 is 44.5 Å². The molecule has 8 rings (SSSR count). The molecule has 3 heterocycles. The lowest BCUT2D eigenvalue weighted by Gasteiger charge is -2.31. The third kappa shape index (κ3) is 7.46. The summed E-state index contributed by atoms with van der Waals surface area (Å²) in [7, 11) is -3.90. The molecule has 1 aromatic heterocycles. The number of carbonyl (C=O) groups excluding carboxylic acids is 4. The van der Waals surface area contributed by atoms with Gasteiger partial charge in [0.25, 0.3) is 11.5 Å². The number of fused-ring (bicyclic) bond motifs is 5. The van der Waals surface area contributed by atoms with Crippen LogP contribution in [-0.4, -0.2) is 77.2 Å². The molecule has 7 atom stereocenters. The van der Waals surface area contributed by atoms with E-state index in [0.29, 0.717) is 35.9 Å². The van der Waals surface area contributed by atoms with Crippen molar-refractivity contribution in [2.24, 2.45) is 23.7 Å². The smallest absolute Gasteiger partial charge is 0.306 e. The van der Waals surface area contributed by atoms with E-state index < -0.39 is 62.6 Å². The van der Waals surface area contributed by atoms with E-state index in [0.717, 1.165) is 44.9 Å². The molecular weight excluding hydrogens is 725 g/mol. The summed E-state index contributed by atoms with van der Waals surface area (Å²) in [4.78, 5) is 71.9. The van der Waals surface area contributed by atoms with Crippen LogP contribution < -0.4 is 20.3 Å². The number of pyridine rings is 1. The number of hydrogen-bond donors (Lipinski definition) is 2. The lowest BCUT2D eigenvalue weighted by atomic mass is 9.86. The molecule has 294 valence electrons. The number of rotatable bonds is 7. The van der Waals surface area contributed by atoms with E-state index in [1.165, 1.54) is 11.0 Å². The van der Waals surface area contributed by atoms with Gasteiger partial charge in [-0.2, -0.15) is 0 Å². The van der Waals surface area contributed by atoms with E-state index in [2.05, 4.69) is 16.6 Å². The van der Waals surface area contributed by atoms with Crippen LogP contribution in [0.15, 0.2) is 59.9 Å². The number of benzene rings is 1. The first kappa shape index (κ1) is 37.5. The summed E-state index contributed by atoms with van der Waals surface area (Å²) in [6.07, 6.45) is 12.2. The summed E-state index contributed by atoms with van der Waals surface area (Å²) in [6, 6.07) is 7.95. The molecule has 55 heavy (non-hydrogen) atoms. The number of hydrogen-bond acceptors (Lipinski definition) is 9. The summed E-state index contributed by atoms with van der Waals surface area (Å²) in [5, 5.41) is 3.43. The number of nitrogens with one attached hydrogen (secondary N) is 2. The monoisotopic (exact) mass is 774 g/mol. The zero-order valence-corrected chi connectivity index (χ0v) is 31.8. The first-order valence-electron chi connectivity index (χ1n) is 19.9. The predicted molar refractivity (Wildman–Crippen MR) is 203 cm³/mol. The molecule has 6 aliphatic rings. The Hall–Kier alpha value is -4.46. The van der Waals surface area contributed by atoms with Crippen molar-refractivity contribution < 1.29 is 37.1 Å². The van der Waals surface area contributed by atoms with Gasteiger partial charge < -0.3 is 19.7 Å². The fourth-order valence-electron chi connectivity index (χ4n) is 9.41. The van der Waals surface area contributed by atoms with E-state index in [-0.39, 0.29) is 61.8 Å². The Kier molecular flexibility index (Phi) is 10.1. The Bertz CT molecular complexity index is 2090. The number of allylic oxidation sites excluding steroid dienone is 2. The second-order valence-electron chi connectivity index (χ2n) is 16.4. The Morgan fingerprint density at radius 1 is 0.945 bits per heavy atom. The third-order valence-corrected chi connectivity index (χ3v) is 14.6. The van der Waals surface area contributed by atoms with Crippen molar-refractivity contribution in [1.29, 1.82) is 0 Å². The van der Waals surface area contributed by atoms with E-state index in [1.54, 1.807) is 16.7 Å². The van der Waals surface area contributed by atoms with Crippen LogP contribution in [0.4, 0.5) is 0 Å². The Balaban J connectivity index is 1.15. The topological polar surface area (TPSA) is 170 Å². The first-order chi connectivity index (χ1) is 26.5. The highest BCUT2D eigenvalue weighted by atomic mass is 32.2. The maximum absolute atomic E-state index is 14.8. The van der Waals surface area contributed by atoms with Crippen molar-refractivity contribution in [3.63, 3.8) is 0 Å². The Morgan fingerprint density at radius 2 is 1.71 bits per heavy atom. The van der Waals surface area contributed by atoms with E-state index in [4.69, 9.17) is 9.47 Å². The molecule has 0 radical (unpaired) electrons. The minimum absolute atomic E-state index is 0.00309. The van der Waals surface area contributed by atoms with Crippen LogP contribution in [0.25, 0.3) is 10.8 Å². The largest absolute Gasteiger partial charge is 0.473 e. The van der Waals surface area contributed by atoms with Crippen LogP contribution in [0, 0.1) is 23.7 Å². The van der Waals surface area contributed by atoms with Gasteiger partial charge in [0.1, 0.15) is 23.8 Å². The van der Waals surface area contributed by atoms with E-state index in [9.17, 15) is 32.4 Å². The van der Waals surface area contributed by atoms with Gasteiger partial charge in [0.15, 0.2) is 5.88 Å². The van der Waals surface area contributed by atoms with Crippen molar-refractivity contribution in [2.75, 3.05) is 6.54 Å². The van der Waals surface area contributed by atoms with Crippen LogP contribution in [0.1, 0.15) is 83.5 Å². The maximum atomic E-state index is 14.8. The lowest BCUT2D eigenvalue weighted by Crippen LogP contribution is -2.57. The van der Waals surface area contributed by atoms with Crippen LogP contribution in [0.3, 0.4) is 0 Å². The number of ether oxygens (including phenoxy) is 2. The number of amides is 3. The zero-order chi connectivity index (χ0) is 38.5. The molecule has 2 aromatic rings. The summed E-state index contributed by atoms with van der Waals surface area (Å²) in [6.45, 7) is 4.02. The molecule has 0 unspecified atom stereocenters. The molecule has 2 aliphatic heterocycles. The molecule has 5 fully saturated rings. The number of nitrogens with zero attached hydrogens (tertiary/aromatic N) is 2. The number of sulfonamides is 1. The molecule has 1 aromatic carbocycles. The highest BCUT2D eigenvalue weighted by Gasteiger charge is 2.62. The summed E-state index contributed by atoms with van der Waals surface area (Å²) in [5.41, 5.74) is -1.77. The fourth-order valence-corrected chi connectivity index (χ4v) is 10.8. The highest BCUT2D eigenvalue weighted by molar-refractivity contribution is 7.91. The Morgan fingerprint density at radius 3 is 2.45 bits per heavy atom. The number of carbonyl (C=O) groups is 4. The number of esters is 1. The molecule has 14 heteroatoms. The second-order valence-corrected chi connectivity index (χ2v) is 18.4. The minimum atomic E-state index is -3.90. The molecule has 0 spiro atoms. The van der Waals surface area contributed by atoms with Gasteiger partial charge in [0.2, 0.25) is 21.8 Å². The highest BCUT2D eigenvalue weighted by Crippen LogP contribution is 2.46. The molecule has 2 N–H and O–H groups in total. The van der Waals surface area contributed by atoms with Gasteiger partial charge in [-0.3, -0.25) is 33.3 Å². The SMILES string of the molecule is C=C[C@H]1C[C@]1(NC(=O)[C@@H]1C[C@@H]2CN1C(=O)[C@H](C1CCCC1)CC(=O)O[C@@H]1CCC[C@H]1C/C=C/Cn1c(cc3ccccc3c1=O)O2)C(=O)NS(=O)(=O)C1CC1. The number of aromatic nitrogens is 1. The van der Waals surface area contributed by atoms with Gasteiger partial charge in [0.05, 0.1) is 24.1 Å². The molecular formula is C41H50N4O9S. The van der Waals surface area contributed by atoms with Gasteiger partial charge in [-0.1, -0.05) is 49.3 Å². The maximum Gasteiger partial charge on any atom is 0.306 e. The quantitative estimate of drug-likeness (QED) is 0.313. The summed E-state index contributed by atoms with van der Waals surface area (Å²) in [5.74, 6) is -3.11. The van der Waals surface area contributed by atoms with Gasteiger partial charge in [-0.15, -0.1) is 6.58 Å². The fraction of sp³-hybridized carbons (Fsp3) is 0.585. The molecule has 4 aliphatic carbocycles. The van der Waals surface area contributed by atoms with Crippen LogP contribution in [-0.2, 0) is 40.5 Å². The Labute approximate surface area is 320 Å². The third-order valence-electron chi connectivity index (χ3n) is 12.8. The van der Waals surface area contributed by atoms with Crippen molar-refractivity contribution in [3.8, 4) is 5.88 Å². The normalized spacial score (nSPS) is 32.1. The molecule has 4 saturated carbocycles. The molecule has 2 bridgehead atoms. The lowest BCUT2D eigenvalue weighted by molar-refractivity contribution is -0.156. The van der Waals surface area contributed by atoms with Crippen LogP contribution >= 0.6 is 0 Å². The van der Waals surface area contributed by atoms with Gasteiger partial charge in [0, 0.05) is 30.3 Å². The molecule has 1 saturated heterocycles. The molecule has 13 nitrogen and oxygen atoms in total. The van der Waals surface area contributed by atoms with E-state index >= 15 is 0 Å². The second kappa shape index (κ2) is 14.9. The van der Waals surface area contributed by atoms with Crippen LogP contribution in [0.5, 0.6) is 5.88 Å². The first-order valence-corrected chi connectivity index (χ1v) is 21.5. The van der Waals surface area contributed by atoms with Crippen molar-refractivity contribution in [1.82, 2.24) is 19.5 Å². The van der Waals surface area contributed by atoms with Crippen LogP contribution in [0.2, 0.25) is 0 Å². The van der Waals surface area contributed by atoms with Crippen molar-refractivity contribution in [3.05, 3.63) is 65.5 Å². The van der Waals surface area contributed by atoms with Gasteiger partial charge in [-0.25, -0.2) is 8.42 Å². The average molecular weight is 775 g/mol. The molecule has 3 amide bonds. The van der Waals surface area contributed by atoms with Gasteiger partial charge >= 0.3 is 5.97 Å². The van der Waals surface area contributed by atoms with E-state index in [1.807, 2.05) is 30.4 Å². The van der Waals surface area contributed by atoms with Gasteiger partial charge in [-0.05, 0) is 81.1 Å². The standard InChI is InChI=1S/C41H50N4O9S/c1-2-28-23-41(28,40(50)43-55(51,52)30-17-18-30)42-37(47)33-21-29-24-45(33)39(49)32(25-10-3-4-11-25)22-36(46)54-34-16-9-14-26(34)12-7-8-19-44-35(53-29)20-27-13-5-6-15-31(27)38(44)48/h2,5-8,13,15,20,25-26,28-30,32-34H,1,3-4,9-12,14,16-19,21-24H2,(H,42,47)(H,43,50)/b8-7+/t26-,28+,29-,32+,33+,34-,41-/m1/s1. The van der Waals surface area contributed by atoms with Crippen molar-refractivity contribution in [2.45, 2.75) is 119 Å².